The van der Waals surface area contributed by atoms with Gasteiger partial charge in [-0.2, -0.15) is 0 Å². The second-order valence-corrected chi connectivity index (χ2v) is 5.01. The maximum absolute atomic E-state index is 12.0. The Kier molecular flexibility index (Phi) is 6.90. The average molecular weight is 239 g/mol. The van der Waals surface area contributed by atoms with Gasteiger partial charge in [0.05, 0.1) is 0 Å². The zero-order chi connectivity index (χ0) is 12.5. The lowest BCUT2D eigenvalue weighted by Crippen LogP contribution is -2.36. The Morgan fingerprint density at radius 2 is 2.06 bits per heavy atom. The minimum absolute atomic E-state index is 0.187. The van der Waals surface area contributed by atoms with Crippen molar-refractivity contribution in [1.82, 2.24) is 5.32 Å². The predicted molar refractivity (Wildman–Crippen MR) is 68.7 cm³/mol. The molecule has 0 radical (unpaired) electrons. The topological polar surface area (TPSA) is 46.2 Å². The Labute approximate surface area is 104 Å². The summed E-state index contributed by atoms with van der Waals surface area (Å²) in [6, 6.07) is 0. The molecule has 0 bridgehead atoms. The molecule has 0 aromatic rings. The van der Waals surface area contributed by atoms with Crippen LogP contribution < -0.4 is 5.32 Å². The monoisotopic (exact) mass is 239 g/mol. The molecule has 0 heterocycles. The molecule has 1 saturated carbocycles. The van der Waals surface area contributed by atoms with Gasteiger partial charge in [0, 0.05) is 18.9 Å². The van der Waals surface area contributed by atoms with Crippen molar-refractivity contribution in [3.63, 3.8) is 0 Å². The van der Waals surface area contributed by atoms with Crippen LogP contribution in [0.5, 0.6) is 0 Å². The SMILES string of the molecule is CCC(C(=O)NCCCC=O)C1CCCCC1. The third-order valence-corrected chi connectivity index (χ3v) is 3.79. The lowest BCUT2D eigenvalue weighted by molar-refractivity contribution is -0.127. The van der Waals surface area contributed by atoms with Gasteiger partial charge in [-0.15, -0.1) is 0 Å². The van der Waals surface area contributed by atoms with Gasteiger partial charge in [0.25, 0.3) is 0 Å². The van der Waals surface area contributed by atoms with Gasteiger partial charge in [0.1, 0.15) is 6.29 Å². The molecule has 1 amide bonds. The van der Waals surface area contributed by atoms with Crippen molar-refractivity contribution in [2.45, 2.75) is 58.3 Å². The Morgan fingerprint density at radius 1 is 1.35 bits per heavy atom. The summed E-state index contributed by atoms with van der Waals surface area (Å²) >= 11 is 0. The van der Waals surface area contributed by atoms with Crippen LogP contribution in [0.1, 0.15) is 58.3 Å². The van der Waals surface area contributed by atoms with Crippen LogP contribution in [0.3, 0.4) is 0 Å². The van der Waals surface area contributed by atoms with Gasteiger partial charge in [-0.25, -0.2) is 0 Å². The number of nitrogens with one attached hydrogen (secondary N) is 1. The second kappa shape index (κ2) is 8.26. The van der Waals surface area contributed by atoms with E-state index in [0.717, 1.165) is 19.1 Å². The summed E-state index contributed by atoms with van der Waals surface area (Å²) < 4.78 is 0. The summed E-state index contributed by atoms with van der Waals surface area (Å²) in [5.41, 5.74) is 0. The Hall–Kier alpha value is -0.860. The normalized spacial score (nSPS) is 18.6. The van der Waals surface area contributed by atoms with E-state index in [0.29, 0.717) is 18.9 Å². The van der Waals surface area contributed by atoms with E-state index in [9.17, 15) is 9.59 Å². The minimum atomic E-state index is 0.187. The summed E-state index contributed by atoms with van der Waals surface area (Å²) in [7, 11) is 0. The van der Waals surface area contributed by atoms with Crippen molar-refractivity contribution < 1.29 is 9.59 Å². The number of carbonyl (C=O) groups excluding carboxylic acids is 2. The smallest absolute Gasteiger partial charge is 0.223 e. The molecular weight excluding hydrogens is 214 g/mol. The van der Waals surface area contributed by atoms with Gasteiger partial charge in [0.15, 0.2) is 0 Å². The van der Waals surface area contributed by atoms with E-state index in [1.807, 2.05) is 0 Å². The largest absolute Gasteiger partial charge is 0.356 e. The van der Waals surface area contributed by atoms with Crippen molar-refractivity contribution >= 4 is 12.2 Å². The first-order valence-corrected chi connectivity index (χ1v) is 7.01. The Morgan fingerprint density at radius 3 is 2.65 bits per heavy atom. The zero-order valence-electron chi connectivity index (χ0n) is 10.9. The first-order valence-electron chi connectivity index (χ1n) is 7.01. The molecule has 1 rings (SSSR count). The highest BCUT2D eigenvalue weighted by atomic mass is 16.1. The minimum Gasteiger partial charge on any atom is -0.356 e. The van der Waals surface area contributed by atoms with Crippen LogP contribution in [0.15, 0.2) is 0 Å². The highest BCUT2D eigenvalue weighted by Crippen LogP contribution is 2.31. The molecule has 1 N–H and O–H groups in total. The van der Waals surface area contributed by atoms with Gasteiger partial charge < -0.3 is 10.1 Å². The molecule has 0 aliphatic heterocycles. The molecule has 3 heteroatoms. The maximum atomic E-state index is 12.0. The third-order valence-electron chi connectivity index (χ3n) is 3.79. The van der Waals surface area contributed by atoms with Gasteiger partial charge in [0.2, 0.25) is 5.91 Å². The summed E-state index contributed by atoms with van der Waals surface area (Å²) in [6.45, 7) is 2.74. The van der Waals surface area contributed by atoms with Crippen LogP contribution in [0, 0.1) is 11.8 Å². The molecule has 1 fully saturated rings. The van der Waals surface area contributed by atoms with E-state index in [2.05, 4.69) is 12.2 Å². The van der Waals surface area contributed by atoms with Crippen LogP contribution >= 0.6 is 0 Å². The highest BCUT2D eigenvalue weighted by molar-refractivity contribution is 5.78. The number of aldehydes is 1. The molecule has 0 saturated heterocycles. The molecule has 1 aliphatic rings. The van der Waals surface area contributed by atoms with Crippen molar-refractivity contribution in [2.24, 2.45) is 11.8 Å². The Balaban J connectivity index is 2.31. The van der Waals surface area contributed by atoms with Crippen LogP contribution in [-0.4, -0.2) is 18.7 Å². The second-order valence-electron chi connectivity index (χ2n) is 5.01. The molecular formula is C14H25NO2. The molecule has 1 atom stereocenters. The maximum Gasteiger partial charge on any atom is 0.223 e. The summed E-state index contributed by atoms with van der Waals surface area (Å²) in [4.78, 5) is 22.2. The van der Waals surface area contributed by atoms with E-state index >= 15 is 0 Å². The molecule has 0 spiro atoms. The summed E-state index contributed by atoms with van der Waals surface area (Å²) in [5, 5.41) is 2.97. The number of amides is 1. The number of rotatable bonds is 7. The summed E-state index contributed by atoms with van der Waals surface area (Å²) in [5.74, 6) is 0.969. The van der Waals surface area contributed by atoms with E-state index in [4.69, 9.17) is 0 Å². The quantitative estimate of drug-likeness (QED) is 0.548. The van der Waals surface area contributed by atoms with Crippen molar-refractivity contribution in [3.8, 4) is 0 Å². The van der Waals surface area contributed by atoms with Crippen molar-refractivity contribution in [2.75, 3.05) is 6.54 Å². The molecule has 1 aliphatic carbocycles. The van der Waals surface area contributed by atoms with Gasteiger partial charge >= 0.3 is 0 Å². The molecule has 3 nitrogen and oxygen atoms in total. The summed E-state index contributed by atoms with van der Waals surface area (Å²) in [6.07, 6.45) is 9.44. The number of hydrogen-bond acceptors (Lipinski definition) is 2. The number of unbranched alkanes of at least 4 members (excludes halogenated alkanes) is 1. The first-order chi connectivity index (χ1) is 8.29. The Bertz CT molecular complexity index is 234. The lowest BCUT2D eigenvalue weighted by atomic mass is 9.78. The zero-order valence-corrected chi connectivity index (χ0v) is 10.9. The van der Waals surface area contributed by atoms with E-state index in [1.165, 1.54) is 32.1 Å². The van der Waals surface area contributed by atoms with E-state index in [1.54, 1.807) is 0 Å². The molecule has 98 valence electrons. The predicted octanol–water partition coefficient (Wildman–Crippen LogP) is 2.69. The fourth-order valence-electron chi connectivity index (χ4n) is 2.80. The fraction of sp³-hybridized carbons (Fsp3) is 0.857. The van der Waals surface area contributed by atoms with Crippen LogP contribution in [-0.2, 0) is 9.59 Å². The molecule has 0 aromatic heterocycles. The van der Waals surface area contributed by atoms with Crippen molar-refractivity contribution in [1.29, 1.82) is 0 Å². The lowest BCUT2D eigenvalue weighted by Gasteiger charge is -2.28. The van der Waals surface area contributed by atoms with Gasteiger partial charge in [-0.1, -0.05) is 26.2 Å². The third kappa shape index (κ3) is 4.88. The van der Waals surface area contributed by atoms with Crippen LogP contribution in [0.4, 0.5) is 0 Å². The van der Waals surface area contributed by atoms with E-state index in [-0.39, 0.29) is 11.8 Å². The standard InChI is InChI=1S/C14H25NO2/c1-2-13(12-8-4-3-5-9-12)14(17)15-10-6-7-11-16/h11-13H,2-10H2,1H3,(H,15,17). The highest BCUT2D eigenvalue weighted by Gasteiger charge is 2.27. The molecule has 1 unspecified atom stereocenters. The molecule has 17 heavy (non-hydrogen) atoms. The number of carbonyl (C=O) groups is 2. The van der Waals surface area contributed by atoms with Crippen LogP contribution in [0.25, 0.3) is 0 Å². The molecule has 0 aromatic carbocycles. The van der Waals surface area contributed by atoms with Gasteiger partial charge in [-0.3, -0.25) is 4.79 Å². The van der Waals surface area contributed by atoms with Crippen molar-refractivity contribution in [3.05, 3.63) is 0 Å². The first kappa shape index (κ1) is 14.2. The fourth-order valence-corrected chi connectivity index (χ4v) is 2.80. The number of hydrogen-bond donors (Lipinski definition) is 1. The van der Waals surface area contributed by atoms with Gasteiger partial charge in [-0.05, 0) is 31.6 Å². The van der Waals surface area contributed by atoms with E-state index < -0.39 is 0 Å². The van der Waals surface area contributed by atoms with Crippen LogP contribution in [0.2, 0.25) is 0 Å². The average Bonchev–Trinajstić information content (AvgIpc) is 2.37.